The average molecular weight is 320 g/mol. The molecule has 0 bridgehead atoms. The van der Waals surface area contributed by atoms with Crippen LogP contribution in [-0.4, -0.2) is 17.5 Å². The normalized spacial score (nSPS) is 13.2. The summed E-state index contributed by atoms with van der Waals surface area (Å²) in [4.78, 5) is 0. The number of aliphatic hydroxyl groups is 1. The Morgan fingerprint density at radius 3 is 1.41 bits per heavy atom. The molecular weight excluding hydrogens is 310 g/mol. The molecule has 0 unspecified atom stereocenters. The molecule has 0 atom stereocenters. The molecule has 0 spiro atoms. The van der Waals surface area contributed by atoms with Gasteiger partial charge in [-0.15, -0.1) is 0 Å². The van der Waals surface area contributed by atoms with Gasteiger partial charge in [-0.25, -0.2) is 0 Å². The van der Waals surface area contributed by atoms with E-state index in [4.69, 9.17) is 0 Å². The zero-order valence-corrected chi connectivity index (χ0v) is 10.9. The van der Waals surface area contributed by atoms with Crippen molar-refractivity contribution in [1.82, 2.24) is 0 Å². The first-order chi connectivity index (χ1) is 10.1. The Kier molecular flexibility index (Phi) is 3.95. The van der Waals surface area contributed by atoms with Crippen molar-refractivity contribution >= 4 is 0 Å². The van der Waals surface area contributed by atoms with Crippen LogP contribution in [0.2, 0.25) is 0 Å². The fourth-order valence-corrected chi connectivity index (χ4v) is 2.02. The van der Waals surface area contributed by atoms with Crippen LogP contribution in [0.4, 0.5) is 26.3 Å². The number of alkyl halides is 6. The second-order valence-electron chi connectivity index (χ2n) is 4.65. The Hall–Kier alpha value is -2.02. The molecule has 2 aromatic rings. The molecule has 1 N–H and O–H groups in total. The first kappa shape index (κ1) is 16.4. The van der Waals surface area contributed by atoms with E-state index in [0.717, 1.165) is 12.1 Å². The lowest BCUT2D eigenvalue weighted by atomic mass is 9.91. The van der Waals surface area contributed by atoms with Gasteiger partial charge < -0.3 is 5.11 Å². The number of rotatable bonds is 2. The van der Waals surface area contributed by atoms with Gasteiger partial charge in [-0.2, -0.15) is 26.3 Å². The first-order valence-corrected chi connectivity index (χ1v) is 6.09. The van der Waals surface area contributed by atoms with Crippen LogP contribution >= 0.6 is 0 Å². The highest BCUT2D eigenvalue weighted by Crippen LogP contribution is 2.50. The van der Waals surface area contributed by atoms with Crippen molar-refractivity contribution in [2.45, 2.75) is 18.0 Å². The van der Waals surface area contributed by atoms with E-state index in [1.807, 2.05) is 0 Å². The number of benzene rings is 2. The van der Waals surface area contributed by atoms with Gasteiger partial charge in [0.25, 0.3) is 5.60 Å². The van der Waals surface area contributed by atoms with Crippen LogP contribution in [0.15, 0.2) is 54.6 Å². The van der Waals surface area contributed by atoms with Crippen LogP contribution in [0.3, 0.4) is 0 Å². The fourth-order valence-electron chi connectivity index (χ4n) is 2.02. The third-order valence-electron chi connectivity index (χ3n) is 3.23. The van der Waals surface area contributed by atoms with E-state index >= 15 is 0 Å². The summed E-state index contributed by atoms with van der Waals surface area (Å²) in [5, 5.41) is 9.27. The summed E-state index contributed by atoms with van der Waals surface area (Å²) in [6, 6.07) is 11.9. The smallest absolute Gasteiger partial charge is 0.369 e. The largest absolute Gasteiger partial charge is 0.430 e. The molecule has 0 amide bonds. The van der Waals surface area contributed by atoms with E-state index in [1.165, 1.54) is 0 Å². The molecule has 22 heavy (non-hydrogen) atoms. The minimum Gasteiger partial charge on any atom is -0.369 e. The maximum Gasteiger partial charge on any atom is 0.430 e. The van der Waals surface area contributed by atoms with Gasteiger partial charge in [0, 0.05) is 5.56 Å². The predicted molar refractivity (Wildman–Crippen MR) is 67.9 cm³/mol. The molecule has 118 valence electrons. The third kappa shape index (κ3) is 2.68. The minimum absolute atomic E-state index is 0.441. The number of halogens is 6. The Bertz CT molecular complexity index is 614. The van der Waals surface area contributed by atoms with Gasteiger partial charge in [0.05, 0.1) is 0 Å². The van der Waals surface area contributed by atoms with E-state index in [2.05, 4.69) is 0 Å². The van der Waals surface area contributed by atoms with E-state index in [1.54, 1.807) is 30.3 Å². The van der Waals surface area contributed by atoms with Gasteiger partial charge in [0.1, 0.15) is 0 Å². The molecule has 2 rings (SSSR count). The Balaban J connectivity index is 2.48. The lowest BCUT2D eigenvalue weighted by Gasteiger charge is -2.32. The van der Waals surface area contributed by atoms with Crippen molar-refractivity contribution in [3.63, 3.8) is 0 Å². The van der Waals surface area contributed by atoms with Crippen molar-refractivity contribution in [2.24, 2.45) is 0 Å². The average Bonchev–Trinajstić information content (AvgIpc) is 2.45. The standard InChI is InChI=1S/C15H10F6O/c16-14(17,18)13(22,15(19,20)21)12-8-6-11(7-9-12)10-4-2-1-3-5-10/h1-9,22H. The second-order valence-corrected chi connectivity index (χ2v) is 4.65. The van der Waals surface area contributed by atoms with Crippen LogP contribution in [0.1, 0.15) is 5.56 Å². The zero-order chi connectivity index (χ0) is 16.6. The predicted octanol–water partition coefficient (Wildman–Crippen LogP) is 4.67. The fraction of sp³-hybridized carbons (Fsp3) is 0.200. The van der Waals surface area contributed by atoms with E-state index < -0.39 is 23.5 Å². The molecule has 0 heterocycles. The summed E-state index contributed by atoms with van der Waals surface area (Å²) in [5.74, 6) is 0. The SMILES string of the molecule is OC(c1ccc(-c2ccccc2)cc1)(C(F)(F)F)C(F)(F)F. The third-order valence-corrected chi connectivity index (χ3v) is 3.23. The van der Waals surface area contributed by atoms with Gasteiger partial charge in [-0.05, 0) is 11.1 Å². The van der Waals surface area contributed by atoms with Crippen molar-refractivity contribution in [2.75, 3.05) is 0 Å². The van der Waals surface area contributed by atoms with Gasteiger partial charge in [-0.3, -0.25) is 0 Å². The van der Waals surface area contributed by atoms with Crippen molar-refractivity contribution < 1.29 is 31.4 Å². The molecule has 1 nitrogen and oxygen atoms in total. The number of hydrogen-bond donors (Lipinski definition) is 1. The van der Waals surface area contributed by atoms with Gasteiger partial charge in [-0.1, -0.05) is 54.6 Å². The molecule has 0 aliphatic carbocycles. The van der Waals surface area contributed by atoms with Crippen LogP contribution in [0.5, 0.6) is 0 Å². The van der Waals surface area contributed by atoms with Crippen molar-refractivity contribution in [3.8, 4) is 11.1 Å². The molecule has 7 heteroatoms. The highest BCUT2D eigenvalue weighted by atomic mass is 19.4. The Morgan fingerprint density at radius 1 is 0.591 bits per heavy atom. The Morgan fingerprint density at radius 2 is 1.00 bits per heavy atom. The molecule has 2 aromatic carbocycles. The molecule has 0 fully saturated rings. The maximum absolute atomic E-state index is 12.7. The molecule has 0 aliphatic heterocycles. The first-order valence-electron chi connectivity index (χ1n) is 6.09. The summed E-state index contributed by atoms with van der Waals surface area (Å²) >= 11 is 0. The Labute approximate surface area is 121 Å². The quantitative estimate of drug-likeness (QED) is 0.798. The summed E-state index contributed by atoms with van der Waals surface area (Å²) < 4.78 is 76.4. The zero-order valence-electron chi connectivity index (χ0n) is 10.9. The summed E-state index contributed by atoms with van der Waals surface area (Å²) in [5.41, 5.74) is -5.09. The van der Waals surface area contributed by atoms with E-state index in [-0.39, 0.29) is 0 Å². The monoisotopic (exact) mass is 320 g/mol. The van der Waals surface area contributed by atoms with E-state index in [0.29, 0.717) is 23.3 Å². The molecule has 0 saturated carbocycles. The highest BCUT2D eigenvalue weighted by molar-refractivity contribution is 5.63. The molecule has 0 radical (unpaired) electrons. The lowest BCUT2D eigenvalue weighted by Crippen LogP contribution is -2.53. The topological polar surface area (TPSA) is 20.2 Å². The minimum atomic E-state index is -5.88. The van der Waals surface area contributed by atoms with E-state index in [9.17, 15) is 31.4 Å². The summed E-state index contributed by atoms with van der Waals surface area (Å²) in [6.07, 6.45) is -11.8. The van der Waals surface area contributed by atoms with Gasteiger partial charge >= 0.3 is 12.4 Å². The molecular formula is C15H10F6O. The van der Waals surface area contributed by atoms with Crippen molar-refractivity contribution in [1.29, 1.82) is 0 Å². The van der Waals surface area contributed by atoms with Crippen LogP contribution in [-0.2, 0) is 5.60 Å². The van der Waals surface area contributed by atoms with Crippen LogP contribution in [0, 0.1) is 0 Å². The summed E-state index contributed by atoms with van der Waals surface area (Å²) in [6.45, 7) is 0. The maximum atomic E-state index is 12.7. The summed E-state index contributed by atoms with van der Waals surface area (Å²) in [7, 11) is 0. The molecule has 0 saturated heterocycles. The molecule has 0 aliphatic rings. The lowest BCUT2D eigenvalue weighted by molar-refractivity contribution is -0.376. The highest BCUT2D eigenvalue weighted by Gasteiger charge is 2.71. The van der Waals surface area contributed by atoms with Crippen molar-refractivity contribution in [3.05, 3.63) is 60.2 Å². The van der Waals surface area contributed by atoms with Gasteiger partial charge in [0.2, 0.25) is 0 Å². The second kappa shape index (κ2) is 5.31. The number of hydrogen-bond acceptors (Lipinski definition) is 1. The van der Waals surface area contributed by atoms with Crippen LogP contribution < -0.4 is 0 Å². The molecule has 0 aromatic heterocycles. The van der Waals surface area contributed by atoms with Crippen LogP contribution in [0.25, 0.3) is 11.1 Å². The van der Waals surface area contributed by atoms with Gasteiger partial charge in [0.15, 0.2) is 0 Å².